The van der Waals surface area contributed by atoms with E-state index >= 15 is 0 Å². The molecule has 5 nitrogen and oxygen atoms in total. The molecule has 0 radical (unpaired) electrons. The number of halogens is 2. The molecule has 208 valence electrons. The van der Waals surface area contributed by atoms with Gasteiger partial charge in [0.25, 0.3) is 0 Å². The number of piperidine rings is 1. The van der Waals surface area contributed by atoms with Crippen LogP contribution in [0.25, 0.3) is 0 Å². The molecule has 1 N–H and O–H groups in total. The van der Waals surface area contributed by atoms with Crippen molar-refractivity contribution < 1.29 is 18.0 Å². The maximum Gasteiger partial charge on any atom is 0.220 e. The van der Waals surface area contributed by atoms with Gasteiger partial charge < -0.3 is 9.26 Å². The molecule has 8 heteroatoms. The molecule has 2 aliphatic heterocycles. The highest BCUT2D eigenvalue weighted by Crippen LogP contribution is 2.44. The van der Waals surface area contributed by atoms with Gasteiger partial charge in [-0.1, -0.05) is 51.1 Å². The molecule has 3 aromatic rings. The van der Waals surface area contributed by atoms with E-state index < -0.39 is 26.0 Å². The first-order chi connectivity index (χ1) is 18.5. The Kier molecular flexibility index (Phi) is 7.78. The zero-order valence-corrected chi connectivity index (χ0v) is 24.6. The van der Waals surface area contributed by atoms with Crippen molar-refractivity contribution in [3.8, 4) is 0 Å². The van der Waals surface area contributed by atoms with E-state index in [2.05, 4.69) is 79.6 Å². The largest absolute Gasteiger partial charge is 0.365 e. The predicted octanol–water partition coefficient (Wildman–Crippen LogP) is 7.00. The van der Waals surface area contributed by atoms with E-state index in [9.17, 15) is 8.78 Å². The van der Waals surface area contributed by atoms with Gasteiger partial charge in [0.05, 0.1) is 18.2 Å². The minimum atomic E-state index is -2.13. The molecule has 1 aromatic heterocycles. The van der Waals surface area contributed by atoms with Crippen LogP contribution in [0, 0.1) is 11.6 Å². The molecule has 1 unspecified atom stereocenters. The van der Waals surface area contributed by atoms with Crippen molar-refractivity contribution >= 4 is 8.32 Å². The Hall–Kier alpha value is -2.49. The molecule has 1 saturated heterocycles. The van der Waals surface area contributed by atoms with E-state index in [0.717, 1.165) is 38.0 Å². The fourth-order valence-corrected chi connectivity index (χ4v) is 5.91. The zero-order valence-electron chi connectivity index (χ0n) is 23.6. The summed E-state index contributed by atoms with van der Waals surface area (Å²) < 4.78 is 40.5. The van der Waals surface area contributed by atoms with E-state index in [1.807, 2.05) is 12.4 Å². The lowest BCUT2D eigenvalue weighted by atomic mass is 9.84. The van der Waals surface area contributed by atoms with Gasteiger partial charge in [0, 0.05) is 37.6 Å². The van der Waals surface area contributed by atoms with Gasteiger partial charge >= 0.3 is 0 Å². The Labute approximate surface area is 231 Å². The van der Waals surface area contributed by atoms with Crippen molar-refractivity contribution in [2.75, 3.05) is 13.1 Å². The summed E-state index contributed by atoms with van der Waals surface area (Å²) in [5.74, 6) is -1.72. The number of nitrogens with one attached hydrogen (secondary N) is 1. The van der Waals surface area contributed by atoms with Gasteiger partial charge in [-0.3, -0.25) is 9.88 Å². The monoisotopic (exact) mass is 551 g/mol. The molecule has 2 aliphatic rings. The maximum absolute atomic E-state index is 14.2. The Bertz CT molecular complexity index is 1300. The number of hydroxylamine groups is 1. The predicted molar refractivity (Wildman–Crippen MR) is 151 cm³/mol. The molecule has 0 bridgehead atoms. The quantitative estimate of drug-likeness (QED) is 0.253. The van der Waals surface area contributed by atoms with Crippen LogP contribution in [0.3, 0.4) is 0 Å². The summed E-state index contributed by atoms with van der Waals surface area (Å²) in [7, 11) is -2.13. The summed E-state index contributed by atoms with van der Waals surface area (Å²) in [6, 6.07) is 14.0. The SMILES string of the molecule is CC(C)(C)[Si](C)(C)ONC(c1ccc(CN2CCC3(CC2)OCc2ccncc23)cc1)c1ccc(F)c(F)c1. The smallest absolute Gasteiger partial charge is 0.220 e. The first-order valence-corrected chi connectivity index (χ1v) is 16.7. The number of hydrogen-bond acceptors (Lipinski definition) is 5. The second kappa shape index (κ2) is 10.8. The van der Waals surface area contributed by atoms with E-state index in [0.29, 0.717) is 12.2 Å². The van der Waals surface area contributed by atoms with Crippen LogP contribution in [0.15, 0.2) is 60.9 Å². The fourth-order valence-electron chi connectivity index (χ4n) is 5.19. The normalized spacial score (nSPS) is 18.3. The first kappa shape index (κ1) is 28.1. The van der Waals surface area contributed by atoms with Gasteiger partial charge in [0.2, 0.25) is 8.32 Å². The van der Waals surface area contributed by atoms with Crippen LogP contribution >= 0.6 is 0 Å². The van der Waals surface area contributed by atoms with Crippen molar-refractivity contribution in [2.24, 2.45) is 0 Å². The van der Waals surface area contributed by atoms with E-state index in [1.165, 1.54) is 28.8 Å². The first-order valence-electron chi connectivity index (χ1n) is 13.7. The molecule has 3 heterocycles. The van der Waals surface area contributed by atoms with Crippen molar-refractivity contribution in [1.29, 1.82) is 0 Å². The average molecular weight is 552 g/mol. The van der Waals surface area contributed by atoms with Gasteiger partial charge in [0.1, 0.15) is 0 Å². The molecule has 0 saturated carbocycles. The number of nitrogens with zero attached hydrogens (tertiary/aromatic N) is 2. The molecule has 39 heavy (non-hydrogen) atoms. The van der Waals surface area contributed by atoms with E-state index in [1.54, 1.807) is 6.07 Å². The summed E-state index contributed by atoms with van der Waals surface area (Å²) in [4.78, 5) is 6.80. The number of hydrogen-bond donors (Lipinski definition) is 1. The van der Waals surface area contributed by atoms with Gasteiger partial charge in [0.15, 0.2) is 11.6 Å². The molecule has 0 aliphatic carbocycles. The van der Waals surface area contributed by atoms with Crippen molar-refractivity contribution in [1.82, 2.24) is 15.4 Å². The Morgan fingerprint density at radius 1 is 1.03 bits per heavy atom. The number of pyridine rings is 1. The zero-order chi connectivity index (χ0) is 27.8. The van der Waals surface area contributed by atoms with Crippen LogP contribution in [-0.2, 0) is 28.0 Å². The minimum Gasteiger partial charge on any atom is -0.365 e. The number of benzene rings is 2. The lowest BCUT2D eigenvalue weighted by Gasteiger charge is -2.39. The molecular formula is C31H39F2N3O2Si. The van der Waals surface area contributed by atoms with Crippen molar-refractivity contribution in [3.63, 3.8) is 0 Å². The van der Waals surface area contributed by atoms with Crippen LogP contribution in [0.2, 0.25) is 18.1 Å². The summed E-state index contributed by atoms with van der Waals surface area (Å²) >= 11 is 0. The van der Waals surface area contributed by atoms with Crippen LogP contribution in [0.4, 0.5) is 8.78 Å². The molecule has 1 atom stereocenters. The van der Waals surface area contributed by atoms with E-state index in [4.69, 9.17) is 9.26 Å². The Balaban J connectivity index is 1.28. The molecular weight excluding hydrogens is 512 g/mol. The minimum absolute atomic E-state index is 0.00238. The average Bonchev–Trinajstić information content (AvgIpc) is 3.26. The van der Waals surface area contributed by atoms with Gasteiger partial charge in [-0.25, -0.2) is 14.3 Å². The molecule has 1 fully saturated rings. The van der Waals surface area contributed by atoms with Gasteiger partial charge in [-0.05, 0) is 71.4 Å². The lowest BCUT2D eigenvalue weighted by Crippen LogP contribution is -2.46. The standard InChI is InChI=1S/C31H39F2N3O2Si/c1-30(2,3)39(4,5)38-35-29(24-10-11-27(32)28(33)18-24)23-8-6-22(7-9-23)20-36-16-13-31(14-17-36)26-19-34-15-12-25(26)21-37-31/h6-12,15,18-19,29,35H,13-14,16-17,20-21H2,1-5H3. The summed E-state index contributed by atoms with van der Waals surface area (Å²) in [6.07, 6.45) is 5.72. The summed E-state index contributed by atoms with van der Waals surface area (Å²) in [6.45, 7) is 14.2. The third kappa shape index (κ3) is 5.86. The number of likely N-dealkylation sites (tertiary alicyclic amines) is 1. The second-order valence-corrected chi connectivity index (χ2v) is 17.1. The second-order valence-electron chi connectivity index (χ2n) is 12.4. The van der Waals surface area contributed by atoms with Gasteiger partial charge in [-0.2, -0.15) is 0 Å². The fraction of sp³-hybridized carbons (Fsp3) is 0.452. The van der Waals surface area contributed by atoms with Crippen LogP contribution in [0.5, 0.6) is 0 Å². The maximum atomic E-state index is 14.2. The van der Waals surface area contributed by atoms with Gasteiger partial charge in [-0.15, -0.1) is 0 Å². The molecule has 0 amide bonds. The number of ether oxygens (including phenoxy) is 1. The number of fused-ring (bicyclic) bond motifs is 2. The third-order valence-corrected chi connectivity index (χ3v) is 13.0. The van der Waals surface area contributed by atoms with E-state index in [-0.39, 0.29) is 10.6 Å². The summed E-state index contributed by atoms with van der Waals surface area (Å²) in [5.41, 5.74) is 8.30. The molecule has 5 rings (SSSR count). The van der Waals surface area contributed by atoms with Crippen molar-refractivity contribution in [3.05, 3.63) is 100 Å². The summed E-state index contributed by atoms with van der Waals surface area (Å²) in [5, 5.41) is -0.00238. The highest BCUT2D eigenvalue weighted by Gasteiger charge is 2.43. The number of aromatic nitrogens is 1. The van der Waals surface area contributed by atoms with Crippen LogP contribution in [0.1, 0.15) is 67.5 Å². The lowest BCUT2D eigenvalue weighted by molar-refractivity contribution is -0.0800. The van der Waals surface area contributed by atoms with Crippen LogP contribution in [-0.4, -0.2) is 31.3 Å². The highest BCUT2D eigenvalue weighted by molar-refractivity contribution is 6.74. The molecule has 2 aromatic carbocycles. The number of rotatable bonds is 7. The highest BCUT2D eigenvalue weighted by atomic mass is 28.4. The van der Waals surface area contributed by atoms with Crippen LogP contribution < -0.4 is 5.48 Å². The third-order valence-electron chi connectivity index (χ3n) is 8.80. The molecule has 1 spiro atoms. The Morgan fingerprint density at radius 3 is 2.38 bits per heavy atom. The topological polar surface area (TPSA) is 46.6 Å². The van der Waals surface area contributed by atoms with Crippen molar-refractivity contribution in [2.45, 2.75) is 76.5 Å². The Morgan fingerprint density at radius 2 is 1.72 bits per heavy atom.